The Morgan fingerprint density at radius 3 is 2.24 bits per heavy atom. The Bertz CT molecular complexity index is 1300. The first-order valence-electron chi connectivity index (χ1n) is 11.1. The molecule has 37 heavy (non-hydrogen) atoms. The summed E-state index contributed by atoms with van der Waals surface area (Å²) in [5.74, 6) is -2.28. The quantitative estimate of drug-likeness (QED) is 0.544. The summed E-state index contributed by atoms with van der Waals surface area (Å²) in [6.45, 7) is 5.47. The molecule has 0 saturated carbocycles. The Labute approximate surface area is 211 Å². The average molecular weight is 515 g/mol. The number of hydrogen-bond donors (Lipinski definition) is 1. The van der Waals surface area contributed by atoms with Crippen molar-refractivity contribution in [2.24, 2.45) is 0 Å². The lowest BCUT2D eigenvalue weighted by Crippen LogP contribution is -2.53. The van der Waals surface area contributed by atoms with E-state index in [2.05, 4.69) is 0 Å². The van der Waals surface area contributed by atoms with Gasteiger partial charge in [-0.3, -0.25) is 9.69 Å². The molecule has 0 unspecified atom stereocenters. The topological polar surface area (TPSA) is 111 Å². The molecule has 1 heterocycles. The molecule has 0 aliphatic carbocycles. The van der Waals surface area contributed by atoms with Gasteiger partial charge in [0.25, 0.3) is 0 Å². The zero-order chi connectivity index (χ0) is 27.7. The number of anilines is 1. The number of hydrogen-bond acceptors (Lipinski definition) is 5. The molecule has 8 nitrogen and oxygen atoms in total. The van der Waals surface area contributed by atoms with Crippen molar-refractivity contribution in [2.45, 2.75) is 45.5 Å². The first-order valence-corrected chi connectivity index (χ1v) is 11.1. The first-order chi connectivity index (χ1) is 17.1. The van der Waals surface area contributed by atoms with Gasteiger partial charge in [-0.1, -0.05) is 18.2 Å². The van der Waals surface area contributed by atoms with Crippen LogP contribution in [0.4, 0.5) is 23.7 Å². The van der Waals surface area contributed by atoms with E-state index < -0.39 is 47.9 Å². The number of carboxylic acids is 1. The molecule has 11 heteroatoms. The van der Waals surface area contributed by atoms with Crippen LogP contribution in [0.3, 0.4) is 0 Å². The Kier molecular flexibility index (Phi) is 7.34. The minimum atomic E-state index is -4.71. The summed E-state index contributed by atoms with van der Waals surface area (Å²) in [5.41, 5.74) is -2.04. The van der Waals surface area contributed by atoms with Crippen LogP contribution in [0.25, 0.3) is 0 Å². The Morgan fingerprint density at radius 2 is 1.73 bits per heavy atom. The second-order valence-electron chi connectivity index (χ2n) is 9.32. The standard InChI is InChI=1S/C26H24F3N3O5/c1-15-21(23(34)35)22(17-10-8-16(13-30)9-11-17)31(14-20(33)37-25(2,3)4)24(36)32(15)19-7-5-6-18(12-19)26(27,28)29/h5-12,22H,14H2,1-4H3,(H,34,35)/t22-/m1/s1. The number of nitriles is 1. The van der Waals surface area contributed by atoms with Gasteiger partial charge in [-0.25, -0.2) is 9.59 Å². The van der Waals surface area contributed by atoms with E-state index in [0.29, 0.717) is 0 Å². The number of allylic oxidation sites excluding steroid dienone is 1. The number of aliphatic carboxylic acids is 1. The molecular formula is C26H24F3N3O5. The van der Waals surface area contributed by atoms with Gasteiger partial charge in [-0.05, 0) is 63.6 Å². The molecule has 0 saturated heterocycles. The number of carbonyl (C=O) groups is 3. The number of carbonyl (C=O) groups excluding carboxylic acids is 2. The van der Waals surface area contributed by atoms with Gasteiger partial charge in [-0.2, -0.15) is 18.4 Å². The number of nitrogens with zero attached hydrogens (tertiary/aromatic N) is 3. The summed E-state index contributed by atoms with van der Waals surface area (Å²) < 4.78 is 45.5. The van der Waals surface area contributed by atoms with E-state index in [1.807, 2.05) is 6.07 Å². The van der Waals surface area contributed by atoms with E-state index in [4.69, 9.17) is 10.00 Å². The van der Waals surface area contributed by atoms with Gasteiger partial charge in [0.1, 0.15) is 12.1 Å². The van der Waals surface area contributed by atoms with Crippen LogP contribution < -0.4 is 4.90 Å². The normalized spacial score (nSPS) is 16.5. The minimum absolute atomic E-state index is 0.119. The largest absolute Gasteiger partial charge is 0.478 e. The number of benzene rings is 2. The third kappa shape index (κ3) is 5.91. The molecule has 0 spiro atoms. The zero-order valence-electron chi connectivity index (χ0n) is 20.5. The van der Waals surface area contributed by atoms with Crippen LogP contribution in [-0.4, -0.2) is 40.1 Å². The number of esters is 1. The molecular weight excluding hydrogens is 491 g/mol. The number of halogens is 3. The second-order valence-corrected chi connectivity index (χ2v) is 9.32. The number of amides is 2. The molecule has 0 fully saturated rings. The van der Waals surface area contributed by atoms with E-state index >= 15 is 0 Å². The highest BCUT2D eigenvalue weighted by atomic mass is 19.4. The summed E-state index contributed by atoms with van der Waals surface area (Å²) >= 11 is 0. The monoisotopic (exact) mass is 515 g/mol. The fraction of sp³-hybridized carbons (Fsp3) is 0.308. The van der Waals surface area contributed by atoms with Gasteiger partial charge in [0.05, 0.1) is 34.5 Å². The fourth-order valence-corrected chi connectivity index (χ4v) is 4.01. The summed E-state index contributed by atoms with van der Waals surface area (Å²) in [6, 6.07) is 9.41. The molecule has 194 valence electrons. The lowest BCUT2D eigenvalue weighted by Gasteiger charge is -2.42. The lowest BCUT2D eigenvalue weighted by atomic mass is 9.92. The lowest BCUT2D eigenvalue weighted by molar-refractivity contribution is -0.156. The highest BCUT2D eigenvalue weighted by Crippen LogP contribution is 2.41. The van der Waals surface area contributed by atoms with E-state index in [1.54, 1.807) is 20.8 Å². The maximum atomic E-state index is 13.8. The molecule has 0 radical (unpaired) electrons. The number of rotatable bonds is 5. The SMILES string of the molecule is CC1=C(C(=O)O)[C@@H](c2ccc(C#N)cc2)N(CC(=O)OC(C)(C)C)C(=O)N1c1cccc(C(F)(F)F)c1. The molecule has 1 aliphatic rings. The number of alkyl halides is 3. The van der Waals surface area contributed by atoms with E-state index in [-0.39, 0.29) is 28.1 Å². The Balaban J connectivity index is 2.23. The van der Waals surface area contributed by atoms with Crippen molar-refractivity contribution in [1.82, 2.24) is 4.90 Å². The molecule has 2 aromatic carbocycles. The average Bonchev–Trinajstić information content (AvgIpc) is 2.79. The number of urea groups is 1. The molecule has 1 N–H and O–H groups in total. The Hall–Kier alpha value is -4.33. The predicted octanol–water partition coefficient (Wildman–Crippen LogP) is 5.26. The minimum Gasteiger partial charge on any atom is -0.478 e. The molecule has 0 aromatic heterocycles. The van der Waals surface area contributed by atoms with Crippen molar-refractivity contribution in [2.75, 3.05) is 11.4 Å². The van der Waals surface area contributed by atoms with E-state index in [9.17, 15) is 32.7 Å². The number of carboxylic acid groups (broad SMARTS) is 1. The maximum absolute atomic E-state index is 13.8. The molecule has 1 atom stereocenters. The third-order valence-corrected chi connectivity index (χ3v) is 5.48. The van der Waals surface area contributed by atoms with E-state index in [1.165, 1.54) is 37.3 Å². The predicted molar refractivity (Wildman–Crippen MR) is 126 cm³/mol. The van der Waals surface area contributed by atoms with Gasteiger partial charge >= 0.3 is 24.1 Å². The number of ether oxygens (including phenoxy) is 1. The third-order valence-electron chi connectivity index (χ3n) is 5.48. The van der Waals surface area contributed by atoms with Gasteiger partial charge in [-0.15, -0.1) is 0 Å². The molecule has 2 amide bonds. The first kappa shape index (κ1) is 27.3. The summed E-state index contributed by atoms with van der Waals surface area (Å²) in [6.07, 6.45) is -4.71. The van der Waals surface area contributed by atoms with Crippen LogP contribution in [0.15, 0.2) is 59.8 Å². The van der Waals surface area contributed by atoms with Crippen molar-refractivity contribution >= 4 is 23.7 Å². The van der Waals surface area contributed by atoms with Crippen LogP contribution in [0.2, 0.25) is 0 Å². The summed E-state index contributed by atoms with van der Waals surface area (Å²) in [4.78, 5) is 40.7. The van der Waals surface area contributed by atoms with E-state index in [0.717, 1.165) is 28.0 Å². The maximum Gasteiger partial charge on any atom is 0.416 e. The van der Waals surface area contributed by atoms with Crippen LogP contribution in [0, 0.1) is 11.3 Å². The van der Waals surface area contributed by atoms with Gasteiger partial charge in [0.2, 0.25) is 0 Å². The zero-order valence-corrected chi connectivity index (χ0v) is 20.5. The van der Waals surface area contributed by atoms with Crippen molar-refractivity contribution in [3.05, 3.63) is 76.5 Å². The van der Waals surface area contributed by atoms with Crippen molar-refractivity contribution in [1.29, 1.82) is 5.26 Å². The smallest absolute Gasteiger partial charge is 0.416 e. The summed E-state index contributed by atoms with van der Waals surface area (Å²) in [5, 5.41) is 19.3. The molecule has 3 rings (SSSR count). The Morgan fingerprint density at radius 1 is 1.11 bits per heavy atom. The van der Waals surface area contributed by atoms with Crippen LogP contribution in [0.1, 0.15) is 50.4 Å². The molecule has 1 aliphatic heterocycles. The van der Waals surface area contributed by atoms with Gasteiger partial charge in [0.15, 0.2) is 0 Å². The van der Waals surface area contributed by atoms with Gasteiger partial charge in [0, 0.05) is 5.70 Å². The fourth-order valence-electron chi connectivity index (χ4n) is 4.01. The molecule has 0 bridgehead atoms. The molecule has 2 aromatic rings. The van der Waals surface area contributed by atoms with Crippen LogP contribution >= 0.6 is 0 Å². The highest BCUT2D eigenvalue weighted by molar-refractivity contribution is 6.03. The second kappa shape index (κ2) is 9.97. The van der Waals surface area contributed by atoms with Crippen LogP contribution in [0.5, 0.6) is 0 Å². The van der Waals surface area contributed by atoms with Crippen LogP contribution in [-0.2, 0) is 20.5 Å². The van der Waals surface area contributed by atoms with Crippen molar-refractivity contribution in [3.63, 3.8) is 0 Å². The summed E-state index contributed by atoms with van der Waals surface area (Å²) in [7, 11) is 0. The van der Waals surface area contributed by atoms with Gasteiger partial charge < -0.3 is 14.7 Å². The van der Waals surface area contributed by atoms with Crippen molar-refractivity contribution < 1.29 is 37.4 Å². The highest BCUT2D eigenvalue weighted by Gasteiger charge is 2.44. The van der Waals surface area contributed by atoms with Crippen molar-refractivity contribution in [3.8, 4) is 6.07 Å².